The smallest absolute Gasteiger partial charge is 0.303 e. The Bertz CT molecular complexity index is 1140. The van der Waals surface area contributed by atoms with Gasteiger partial charge in [0.15, 0.2) is 5.25 Å². The van der Waals surface area contributed by atoms with E-state index in [-0.39, 0.29) is 18.9 Å². The van der Waals surface area contributed by atoms with Gasteiger partial charge >= 0.3 is 5.97 Å². The topological polar surface area (TPSA) is 103 Å². The van der Waals surface area contributed by atoms with Gasteiger partial charge in [0.2, 0.25) is 10.0 Å². The predicted molar refractivity (Wildman–Crippen MR) is 120 cm³/mol. The van der Waals surface area contributed by atoms with Crippen LogP contribution in [0.1, 0.15) is 31.2 Å². The maximum Gasteiger partial charge on any atom is 0.303 e. The van der Waals surface area contributed by atoms with Crippen LogP contribution < -0.4 is 4.31 Å². The van der Waals surface area contributed by atoms with Crippen LogP contribution in [0.4, 0.5) is 5.69 Å². The minimum atomic E-state index is -3.86. The molecule has 1 aromatic heterocycles. The number of nitrogens with zero attached hydrogens (tertiary/aromatic N) is 4. The Balaban J connectivity index is 1.75. The summed E-state index contributed by atoms with van der Waals surface area (Å²) in [5.74, 6) is -1.14. The Hall–Kier alpha value is -2.65. The average Bonchev–Trinajstić information content (AvgIpc) is 3.23. The highest BCUT2D eigenvalue weighted by molar-refractivity contribution is 7.94. The van der Waals surface area contributed by atoms with Crippen molar-refractivity contribution in [1.29, 1.82) is 0 Å². The second kappa shape index (κ2) is 8.12. The molecule has 3 atom stereocenters. The fourth-order valence-electron chi connectivity index (χ4n) is 4.25. The molecule has 0 aliphatic carbocycles. The number of rotatable bonds is 6. The number of carbonyl (C=O) groups is 1. The Kier molecular flexibility index (Phi) is 5.65. The third kappa shape index (κ3) is 3.87. The van der Waals surface area contributed by atoms with Gasteiger partial charge in [-0.05, 0) is 48.2 Å². The van der Waals surface area contributed by atoms with Crippen molar-refractivity contribution in [2.24, 2.45) is 5.10 Å². The highest BCUT2D eigenvalue weighted by atomic mass is 35.5. The van der Waals surface area contributed by atoms with E-state index < -0.39 is 26.7 Å². The van der Waals surface area contributed by atoms with Crippen molar-refractivity contribution in [2.45, 2.75) is 36.4 Å². The van der Waals surface area contributed by atoms with Crippen molar-refractivity contribution < 1.29 is 18.3 Å². The fraction of sp³-hybridized carbons (Fsp3) is 0.381. The third-order valence-electron chi connectivity index (χ3n) is 5.79. The van der Waals surface area contributed by atoms with Crippen LogP contribution in [0.15, 0.2) is 47.8 Å². The Labute approximate surface area is 186 Å². The summed E-state index contributed by atoms with van der Waals surface area (Å²) < 4.78 is 28.6. The number of hydrogen-bond donors (Lipinski definition) is 1. The molecule has 0 saturated heterocycles. The number of fused-ring (bicyclic) bond motifs is 1. The molecule has 1 aromatic carbocycles. The van der Waals surface area contributed by atoms with E-state index in [2.05, 4.69) is 10.1 Å². The normalized spacial score (nSPS) is 23.1. The number of anilines is 1. The van der Waals surface area contributed by atoms with Gasteiger partial charge < -0.3 is 5.11 Å². The van der Waals surface area contributed by atoms with Gasteiger partial charge in [-0.15, -0.1) is 0 Å². The maximum absolute atomic E-state index is 13.6. The van der Waals surface area contributed by atoms with Crippen molar-refractivity contribution in [3.63, 3.8) is 0 Å². The highest BCUT2D eigenvalue weighted by Crippen LogP contribution is 2.44. The van der Waals surface area contributed by atoms with Gasteiger partial charge in [0.1, 0.15) is 5.50 Å². The fourth-order valence-corrected chi connectivity index (χ4v) is 6.91. The molecule has 164 valence electrons. The van der Waals surface area contributed by atoms with E-state index in [9.17, 15) is 18.3 Å². The predicted octanol–water partition coefficient (Wildman–Crippen LogP) is 3.10. The number of hydrogen-bond acceptors (Lipinski definition) is 6. The molecule has 0 fully saturated rings. The SMILES string of the molecule is CC1=NN(C)C(Cl)C1S(=O)(=O)N1CC(CCC(=O)O)c2cc(-c3cccnc3)ccc21. The number of aromatic nitrogens is 1. The van der Waals surface area contributed by atoms with Gasteiger partial charge in [-0.2, -0.15) is 5.10 Å². The number of halogens is 1. The molecule has 2 aliphatic heterocycles. The molecule has 2 aromatic rings. The number of sulfonamides is 1. The number of alkyl halides is 1. The van der Waals surface area contributed by atoms with Crippen LogP contribution >= 0.6 is 11.6 Å². The lowest BCUT2D eigenvalue weighted by Crippen LogP contribution is -2.46. The minimum absolute atomic E-state index is 0.0418. The standard InChI is InChI=1S/C21H23ClN4O4S/c1-13-20(21(22)25(2)24-13)31(29,30)26-12-16(6-8-19(27)28)17-10-14(5-7-18(17)26)15-4-3-9-23-11-15/h3-5,7,9-11,16,20-21H,6,8,12H2,1-2H3,(H,27,28). The Morgan fingerprint density at radius 1 is 1.29 bits per heavy atom. The molecule has 0 bridgehead atoms. The molecule has 0 amide bonds. The van der Waals surface area contributed by atoms with Gasteiger partial charge in [-0.25, -0.2) is 8.42 Å². The molecule has 0 radical (unpaired) electrons. The largest absolute Gasteiger partial charge is 0.481 e. The Morgan fingerprint density at radius 3 is 2.68 bits per heavy atom. The molecule has 31 heavy (non-hydrogen) atoms. The van der Waals surface area contributed by atoms with Crippen LogP contribution in [0.3, 0.4) is 0 Å². The molecule has 0 spiro atoms. The lowest BCUT2D eigenvalue weighted by atomic mass is 9.93. The second-order valence-corrected chi connectivity index (χ2v) is 10.3. The molecule has 3 unspecified atom stereocenters. The van der Waals surface area contributed by atoms with Crippen molar-refractivity contribution in [3.8, 4) is 11.1 Å². The molecular weight excluding hydrogens is 440 g/mol. The average molecular weight is 463 g/mol. The summed E-state index contributed by atoms with van der Waals surface area (Å²) >= 11 is 6.38. The summed E-state index contributed by atoms with van der Waals surface area (Å²) in [5, 5.41) is 13.9. The van der Waals surface area contributed by atoms with Gasteiger partial charge in [-0.1, -0.05) is 23.7 Å². The van der Waals surface area contributed by atoms with Crippen molar-refractivity contribution in [3.05, 3.63) is 48.3 Å². The second-order valence-electron chi connectivity index (χ2n) is 7.83. The highest BCUT2D eigenvalue weighted by Gasteiger charge is 2.47. The van der Waals surface area contributed by atoms with E-state index in [1.165, 1.54) is 9.31 Å². The molecule has 0 saturated carbocycles. The molecule has 4 rings (SSSR count). The molecule has 3 heterocycles. The number of carboxylic acids is 1. The van der Waals surface area contributed by atoms with E-state index in [1.54, 1.807) is 32.4 Å². The third-order valence-corrected chi connectivity index (χ3v) is 8.67. The first kappa shape index (κ1) is 21.6. The van der Waals surface area contributed by atoms with Crippen LogP contribution in [0.25, 0.3) is 11.1 Å². The molecule has 10 heteroatoms. The zero-order valence-corrected chi connectivity index (χ0v) is 18.7. The monoisotopic (exact) mass is 462 g/mol. The number of benzene rings is 1. The van der Waals surface area contributed by atoms with Crippen LogP contribution in [0.2, 0.25) is 0 Å². The summed E-state index contributed by atoms with van der Waals surface area (Å²) in [7, 11) is -2.22. The number of pyridine rings is 1. The number of hydrazone groups is 1. The van der Waals surface area contributed by atoms with E-state index in [4.69, 9.17) is 11.6 Å². The molecule has 2 aliphatic rings. The van der Waals surface area contributed by atoms with Gasteiger partial charge in [0.05, 0.1) is 11.4 Å². The zero-order valence-electron chi connectivity index (χ0n) is 17.1. The van der Waals surface area contributed by atoms with E-state index in [0.717, 1.165) is 16.7 Å². The molecule has 1 N–H and O–H groups in total. The summed E-state index contributed by atoms with van der Waals surface area (Å²) in [6, 6.07) is 9.34. The summed E-state index contributed by atoms with van der Waals surface area (Å²) in [4.78, 5) is 15.3. The summed E-state index contributed by atoms with van der Waals surface area (Å²) in [6.45, 7) is 1.84. The summed E-state index contributed by atoms with van der Waals surface area (Å²) in [5.41, 5.74) is 2.82. The lowest BCUT2D eigenvalue weighted by Gasteiger charge is -2.26. The number of carboxylic acid groups (broad SMARTS) is 1. The molecule has 8 nitrogen and oxygen atoms in total. The first-order chi connectivity index (χ1) is 14.7. The minimum Gasteiger partial charge on any atom is -0.481 e. The van der Waals surface area contributed by atoms with Crippen molar-refractivity contribution in [1.82, 2.24) is 9.99 Å². The van der Waals surface area contributed by atoms with E-state index in [1.807, 2.05) is 24.3 Å². The van der Waals surface area contributed by atoms with Crippen molar-refractivity contribution in [2.75, 3.05) is 17.9 Å². The first-order valence-corrected chi connectivity index (χ1v) is 11.8. The van der Waals surface area contributed by atoms with Crippen LogP contribution in [-0.4, -0.2) is 59.5 Å². The quantitative estimate of drug-likeness (QED) is 0.522. The van der Waals surface area contributed by atoms with Gasteiger partial charge in [-0.3, -0.25) is 19.1 Å². The first-order valence-electron chi connectivity index (χ1n) is 9.90. The lowest BCUT2D eigenvalue weighted by molar-refractivity contribution is -0.137. The number of aliphatic carboxylic acids is 1. The zero-order chi connectivity index (χ0) is 22.3. The van der Waals surface area contributed by atoms with E-state index in [0.29, 0.717) is 17.8 Å². The Morgan fingerprint density at radius 2 is 2.06 bits per heavy atom. The van der Waals surface area contributed by atoms with E-state index >= 15 is 0 Å². The van der Waals surface area contributed by atoms with Crippen LogP contribution in [0, 0.1) is 0 Å². The maximum atomic E-state index is 13.6. The summed E-state index contributed by atoms with van der Waals surface area (Å²) in [6.07, 6.45) is 3.72. The molecular formula is C21H23ClN4O4S. The van der Waals surface area contributed by atoms with Gasteiger partial charge in [0.25, 0.3) is 0 Å². The van der Waals surface area contributed by atoms with Crippen molar-refractivity contribution >= 4 is 39.0 Å². The van der Waals surface area contributed by atoms with Crippen LogP contribution in [-0.2, 0) is 14.8 Å². The van der Waals surface area contributed by atoms with Gasteiger partial charge in [0, 0.05) is 38.3 Å². The van der Waals surface area contributed by atoms with Crippen LogP contribution in [0.5, 0.6) is 0 Å².